The molecule has 0 heterocycles. The highest BCUT2D eigenvalue weighted by atomic mass is 35.5. The van der Waals surface area contributed by atoms with Crippen LogP contribution in [0.5, 0.6) is 5.75 Å². The maximum absolute atomic E-state index is 8.99. The van der Waals surface area contributed by atoms with Gasteiger partial charge in [0, 0.05) is 6.04 Å². The summed E-state index contributed by atoms with van der Waals surface area (Å²) >= 11 is 5.98. The fraction of sp³-hybridized carbons (Fsp3) is 0.500. The van der Waals surface area contributed by atoms with Gasteiger partial charge in [-0.3, -0.25) is 0 Å². The van der Waals surface area contributed by atoms with Crippen molar-refractivity contribution < 1.29 is 14.8 Å². The fourth-order valence-corrected chi connectivity index (χ4v) is 1.89. The van der Waals surface area contributed by atoms with Crippen molar-refractivity contribution in [3.05, 3.63) is 23.2 Å². The molecule has 0 aromatic heterocycles. The van der Waals surface area contributed by atoms with Crippen LogP contribution in [0.1, 0.15) is 19.3 Å². The Morgan fingerprint density at radius 1 is 1.39 bits per heavy atom. The number of ether oxygens (including phenoxy) is 1. The first kappa shape index (κ1) is 13.7. The van der Waals surface area contributed by atoms with Crippen LogP contribution < -0.4 is 15.5 Å². The summed E-state index contributed by atoms with van der Waals surface area (Å²) in [5, 5.41) is 21.8. The zero-order valence-electron chi connectivity index (χ0n) is 10.1. The lowest BCUT2D eigenvalue weighted by Crippen LogP contribution is -2.29. The Balaban J connectivity index is 1.74. The van der Waals surface area contributed by atoms with E-state index in [4.69, 9.17) is 26.4 Å². The molecule has 0 aliphatic heterocycles. The zero-order valence-corrected chi connectivity index (χ0v) is 10.9. The molecule has 1 aromatic carbocycles. The molecule has 1 aromatic rings. The third-order valence-corrected chi connectivity index (χ3v) is 3.14. The minimum Gasteiger partial charge on any atom is -0.492 e. The average molecular weight is 270 g/mol. The molecule has 3 N–H and O–H groups in total. The van der Waals surface area contributed by atoms with Crippen molar-refractivity contribution in [2.24, 2.45) is 0 Å². The zero-order chi connectivity index (χ0) is 13.0. The Labute approximate surface area is 112 Å². The van der Waals surface area contributed by atoms with E-state index in [9.17, 15) is 0 Å². The molecule has 1 saturated carbocycles. The van der Waals surface area contributed by atoms with Crippen LogP contribution in [0.2, 0.25) is 5.02 Å². The molecule has 0 unspecified atom stereocenters. The molecule has 0 saturated heterocycles. The molecule has 4 nitrogen and oxygen atoms in total. The van der Waals surface area contributed by atoms with Crippen molar-refractivity contribution in [3.8, 4) is 5.75 Å². The summed E-state index contributed by atoms with van der Waals surface area (Å²) in [5.74, 6) is 0.576. The summed E-state index contributed by atoms with van der Waals surface area (Å²) in [4.78, 5) is 0. The normalized spacial score (nSPS) is 14.6. The van der Waals surface area contributed by atoms with E-state index in [1.54, 1.807) is 12.1 Å². The highest BCUT2D eigenvalue weighted by Gasteiger charge is 2.19. The van der Waals surface area contributed by atoms with E-state index in [-0.39, 0.29) is 0 Å². The summed E-state index contributed by atoms with van der Waals surface area (Å²) in [6.45, 7) is 1.55. The van der Waals surface area contributed by atoms with E-state index in [0.717, 1.165) is 19.0 Å². The lowest BCUT2D eigenvalue weighted by molar-refractivity contribution is 0.308. The molecular formula is C12H17BClNO3. The van der Waals surface area contributed by atoms with Gasteiger partial charge in [0.2, 0.25) is 0 Å². The van der Waals surface area contributed by atoms with Crippen LogP contribution in [0.4, 0.5) is 0 Å². The minimum absolute atomic E-state index is 0.364. The van der Waals surface area contributed by atoms with E-state index >= 15 is 0 Å². The van der Waals surface area contributed by atoms with Crippen LogP contribution in [0.15, 0.2) is 18.2 Å². The van der Waals surface area contributed by atoms with Gasteiger partial charge in [0.1, 0.15) is 5.75 Å². The van der Waals surface area contributed by atoms with Gasteiger partial charge >= 0.3 is 7.12 Å². The van der Waals surface area contributed by atoms with Crippen LogP contribution in [-0.2, 0) is 0 Å². The Bertz CT molecular complexity index is 399. The number of halogens is 1. The van der Waals surface area contributed by atoms with Gasteiger partial charge in [-0.2, -0.15) is 0 Å². The predicted octanol–water partition coefficient (Wildman–Crippen LogP) is 0.541. The summed E-state index contributed by atoms with van der Waals surface area (Å²) in [5.41, 5.74) is 0.364. The van der Waals surface area contributed by atoms with Gasteiger partial charge in [-0.15, -0.1) is 0 Å². The highest BCUT2D eigenvalue weighted by Crippen LogP contribution is 2.22. The van der Waals surface area contributed by atoms with Gasteiger partial charge in [-0.05, 0) is 43.4 Å². The smallest absolute Gasteiger partial charge is 0.488 e. The second kappa shape index (κ2) is 6.43. The summed E-state index contributed by atoms with van der Waals surface area (Å²) in [7, 11) is -1.50. The van der Waals surface area contributed by atoms with Crippen LogP contribution in [0, 0.1) is 0 Å². The Morgan fingerprint density at radius 2 is 2.17 bits per heavy atom. The van der Waals surface area contributed by atoms with Gasteiger partial charge in [-0.1, -0.05) is 17.7 Å². The van der Waals surface area contributed by atoms with Crippen LogP contribution in [0.3, 0.4) is 0 Å². The average Bonchev–Trinajstić information content (AvgIpc) is 3.14. The van der Waals surface area contributed by atoms with Crippen molar-refractivity contribution >= 4 is 24.2 Å². The maximum Gasteiger partial charge on any atom is 0.488 e. The van der Waals surface area contributed by atoms with Gasteiger partial charge < -0.3 is 20.1 Å². The van der Waals surface area contributed by atoms with E-state index in [0.29, 0.717) is 22.8 Å². The quantitative estimate of drug-likeness (QED) is 0.499. The van der Waals surface area contributed by atoms with E-state index < -0.39 is 7.12 Å². The topological polar surface area (TPSA) is 61.7 Å². The van der Waals surface area contributed by atoms with Gasteiger partial charge in [0.15, 0.2) is 0 Å². The molecule has 0 spiro atoms. The van der Waals surface area contributed by atoms with Crippen molar-refractivity contribution in [2.75, 3.05) is 13.2 Å². The molecule has 6 heteroatoms. The molecule has 0 bridgehead atoms. The van der Waals surface area contributed by atoms with Gasteiger partial charge in [0.25, 0.3) is 0 Å². The molecule has 2 rings (SSSR count). The third-order valence-electron chi connectivity index (χ3n) is 2.84. The lowest BCUT2D eigenvalue weighted by Gasteiger charge is -2.09. The number of rotatable bonds is 7. The second-order valence-electron chi connectivity index (χ2n) is 4.49. The number of hydrogen-bond acceptors (Lipinski definition) is 4. The highest BCUT2D eigenvalue weighted by molar-refractivity contribution is 6.59. The summed E-state index contributed by atoms with van der Waals surface area (Å²) < 4.78 is 5.54. The first-order valence-corrected chi connectivity index (χ1v) is 6.56. The summed E-state index contributed by atoms with van der Waals surface area (Å²) in [6, 6.07) is 5.47. The van der Waals surface area contributed by atoms with Gasteiger partial charge in [0.05, 0.1) is 11.6 Å². The number of hydrogen-bond donors (Lipinski definition) is 3. The number of nitrogens with one attached hydrogen (secondary N) is 1. The molecule has 98 valence electrons. The van der Waals surface area contributed by atoms with Crippen molar-refractivity contribution in [2.45, 2.75) is 25.3 Å². The number of benzene rings is 1. The van der Waals surface area contributed by atoms with Crippen LogP contribution in [-0.4, -0.2) is 36.4 Å². The van der Waals surface area contributed by atoms with Crippen LogP contribution >= 0.6 is 11.6 Å². The van der Waals surface area contributed by atoms with Crippen molar-refractivity contribution in [1.29, 1.82) is 0 Å². The molecule has 18 heavy (non-hydrogen) atoms. The van der Waals surface area contributed by atoms with Crippen molar-refractivity contribution in [3.63, 3.8) is 0 Å². The maximum atomic E-state index is 8.99. The molecule has 1 aliphatic carbocycles. The van der Waals surface area contributed by atoms with E-state index in [2.05, 4.69) is 5.32 Å². The fourth-order valence-electron chi connectivity index (χ4n) is 1.64. The second-order valence-corrected chi connectivity index (χ2v) is 4.90. The third kappa shape index (κ3) is 4.17. The molecule has 1 fully saturated rings. The monoisotopic (exact) mass is 269 g/mol. The standard InChI is InChI=1S/C12H17BClNO3/c14-11-8-9(13(16)17)2-5-12(11)18-7-1-6-15-10-3-4-10/h2,5,8,10,15-17H,1,3-4,6-7H2. The molecule has 0 amide bonds. The first-order chi connectivity index (χ1) is 8.66. The summed E-state index contributed by atoms with van der Waals surface area (Å²) in [6.07, 6.45) is 3.51. The predicted molar refractivity (Wildman–Crippen MR) is 72.4 cm³/mol. The van der Waals surface area contributed by atoms with Gasteiger partial charge in [-0.25, -0.2) is 0 Å². The molecule has 1 aliphatic rings. The Morgan fingerprint density at radius 3 is 2.78 bits per heavy atom. The molecular weight excluding hydrogens is 252 g/mol. The van der Waals surface area contributed by atoms with Crippen molar-refractivity contribution in [1.82, 2.24) is 5.32 Å². The molecule has 0 atom stereocenters. The molecule has 0 radical (unpaired) electrons. The van der Waals surface area contributed by atoms with Crippen LogP contribution in [0.25, 0.3) is 0 Å². The Hall–Kier alpha value is -0.745. The van der Waals surface area contributed by atoms with E-state index in [1.165, 1.54) is 18.9 Å². The first-order valence-electron chi connectivity index (χ1n) is 6.18. The van der Waals surface area contributed by atoms with E-state index in [1.807, 2.05) is 0 Å². The SMILES string of the molecule is OB(O)c1ccc(OCCCNC2CC2)c(Cl)c1. The minimum atomic E-state index is -1.50. The largest absolute Gasteiger partial charge is 0.492 e. The lowest BCUT2D eigenvalue weighted by atomic mass is 9.80. The Kier molecular flexibility index (Phi) is 4.89.